The van der Waals surface area contributed by atoms with Crippen molar-refractivity contribution in [3.63, 3.8) is 0 Å². The summed E-state index contributed by atoms with van der Waals surface area (Å²) in [6.45, 7) is 3.03. The van der Waals surface area contributed by atoms with Crippen molar-refractivity contribution >= 4 is 0 Å². The molecule has 1 aliphatic heterocycles. The van der Waals surface area contributed by atoms with Crippen molar-refractivity contribution in [3.05, 3.63) is 0 Å². The molecule has 0 atom stereocenters. The number of hydrogen-bond acceptors (Lipinski definition) is 2. The molecule has 1 saturated carbocycles. The summed E-state index contributed by atoms with van der Waals surface area (Å²) < 4.78 is 0. The van der Waals surface area contributed by atoms with Gasteiger partial charge in [0, 0.05) is 0 Å². The summed E-state index contributed by atoms with van der Waals surface area (Å²) in [5.41, 5.74) is 0.491. The maximum Gasteiger partial charge on any atom is 0.0598 e. The second kappa shape index (κ2) is 3.32. The molecule has 0 aromatic rings. The Kier molecular flexibility index (Phi) is 2.31. The van der Waals surface area contributed by atoms with Crippen LogP contribution in [0.1, 0.15) is 25.7 Å². The molecule has 0 amide bonds. The predicted octanol–water partition coefficient (Wildman–Crippen LogP) is 0.857. The number of terminal acetylenes is 1. The van der Waals surface area contributed by atoms with Crippen molar-refractivity contribution in [1.82, 2.24) is 4.90 Å². The van der Waals surface area contributed by atoms with Gasteiger partial charge in [0.05, 0.1) is 12.6 Å². The molecular formula is C11H17NO. The van der Waals surface area contributed by atoms with E-state index in [1.54, 1.807) is 0 Å². The summed E-state index contributed by atoms with van der Waals surface area (Å²) in [6, 6.07) is 0. The first-order chi connectivity index (χ1) is 6.24. The van der Waals surface area contributed by atoms with E-state index in [1.165, 1.54) is 12.8 Å². The summed E-state index contributed by atoms with van der Waals surface area (Å²) in [5, 5.41) is 9.29. The molecule has 0 aromatic heterocycles. The first-order valence-corrected chi connectivity index (χ1v) is 5.08. The van der Waals surface area contributed by atoms with Crippen molar-refractivity contribution in [2.24, 2.45) is 5.41 Å². The molecule has 0 bridgehead atoms. The van der Waals surface area contributed by atoms with E-state index in [0.717, 1.165) is 32.5 Å². The molecular weight excluding hydrogens is 162 g/mol. The topological polar surface area (TPSA) is 23.5 Å². The SMILES string of the molecule is C#CCN1CCC2(CC1)CC(O)C2. The molecule has 1 aliphatic carbocycles. The Bertz CT molecular complexity index is 215. The molecule has 13 heavy (non-hydrogen) atoms. The van der Waals surface area contributed by atoms with Crippen molar-refractivity contribution in [3.8, 4) is 12.3 Å². The third-order valence-corrected chi connectivity index (χ3v) is 3.57. The van der Waals surface area contributed by atoms with Gasteiger partial charge in [-0.05, 0) is 44.2 Å². The highest BCUT2D eigenvalue weighted by Gasteiger charge is 2.44. The Morgan fingerprint density at radius 1 is 1.38 bits per heavy atom. The van der Waals surface area contributed by atoms with E-state index in [4.69, 9.17) is 6.42 Å². The molecule has 0 unspecified atom stereocenters. The van der Waals surface area contributed by atoms with Gasteiger partial charge < -0.3 is 5.11 Å². The van der Waals surface area contributed by atoms with E-state index >= 15 is 0 Å². The van der Waals surface area contributed by atoms with Gasteiger partial charge in [0.15, 0.2) is 0 Å². The predicted molar refractivity (Wildman–Crippen MR) is 52.2 cm³/mol. The van der Waals surface area contributed by atoms with Crippen LogP contribution >= 0.6 is 0 Å². The lowest BCUT2D eigenvalue weighted by Crippen LogP contribution is -2.49. The average molecular weight is 179 g/mol. The van der Waals surface area contributed by atoms with E-state index < -0.39 is 0 Å². The summed E-state index contributed by atoms with van der Waals surface area (Å²) in [6.07, 6.45) is 9.75. The number of likely N-dealkylation sites (tertiary alicyclic amines) is 1. The maximum absolute atomic E-state index is 9.29. The van der Waals surface area contributed by atoms with E-state index in [-0.39, 0.29) is 6.10 Å². The van der Waals surface area contributed by atoms with Crippen LogP contribution in [0.25, 0.3) is 0 Å². The number of piperidine rings is 1. The van der Waals surface area contributed by atoms with Gasteiger partial charge in [-0.15, -0.1) is 6.42 Å². The minimum atomic E-state index is -0.0146. The van der Waals surface area contributed by atoms with E-state index in [1.807, 2.05) is 0 Å². The fourth-order valence-corrected chi connectivity index (χ4v) is 2.66. The number of aliphatic hydroxyl groups excluding tert-OH is 1. The lowest BCUT2D eigenvalue weighted by Gasteiger charge is -2.50. The Morgan fingerprint density at radius 3 is 2.46 bits per heavy atom. The van der Waals surface area contributed by atoms with Crippen LogP contribution in [0.15, 0.2) is 0 Å². The number of rotatable bonds is 1. The molecule has 2 aliphatic rings. The Balaban J connectivity index is 1.80. The first-order valence-electron chi connectivity index (χ1n) is 5.08. The van der Waals surface area contributed by atoms with Gasteiger partial charge in [0.2, 0.25) is 0 Å². The lowest BCUT2D eigenvalue weighted by molar-refractivity contribution is -0.0663. The Hall–Kier alpha value is -0.520. The zero-order valence-corrected chi connectivity index (χ0v) is 8.00. The van der Waals surface area contributed by atoms with Gasteiger partial charge in [0.25, 0.3) is 0 Å². The summed E-state index contributed by atoms with van der Waals surface area (Å²) >= 11 is 0. The molecule has 2 fully saturated rings. The van der Waals surface area contributed by atoms with Crippen LogP contribution in [0.2, 0.25) is 0 Å². The van der Waals surface area contributed by atoms with Gasteiger partial charge in [-0.25, -0.2) is 0 Å². The minimum absolute atomic E-state index is 0.0146. The van der Waals surface area contributed by atoms with Gasteiger partial charge in [-0.3, -0.25) is 4.90 Å². The molecule has 1 saturated heterocycles. The molecule has 1 spiro atoms. The second-order valence-electron chi connectivity index (χ2n) is 4.54. The molecule has 0 aromatic carbocycles. The fraction of sp³-hybridized carbons (Fsp3) is 0.818. The van der Waals surface area contributed by atoms with E-state index in [2.05, 4.69) is 10.8 Å². The number of aliphatic hydroxyl groups is 1. The highest BCUT2D eigenvalue weighted by molar-refractivity contribution is 4.99. The van der Waals surface area contributed by atoms with Gasteiger partial charge in [-0.1, -0.05) is 5.92 Å². The molecule has 72 valence electrons. The van der Waals surface area contributed by atoms with Crippen LogP contribution in [0.4, 0.5) is 0 Å². The van der Waals surface area contributed by atoms with Crippen LogP contribution in [0, 0.1) is 17.8 Å². The zero-order chi connectivity index (χ0) is 9.31. The Labute approximate surface area is 79.9 Å². The summed E-state index contributed by atoms with van der Waals surface area (Å²) in [7, 11) is 0. The largest absolute Gasteiger partial charge is 0.393 e. The smallest absolute Gasteiger partial charge is 0.0598 e. The quantitative estimate of drug-likeness (QED) is 0.603. The zero-order valence-electron chi connectivity index (χ0n) is 8.00. The fourth-order valence-electron chi connectivity index (χ4n) is 2.66. The lowest BCUT2D eigenvalue weighted by atomic mass is 9.61. The van der Waals surface area contributed by atoms with Gasteiger partial charge in [-0.2, -0.15) is 0 Å². The Morgan fingerprint density at radius 2 is 2.00 bits per heavy atom. The summed E-state index contributed by atoms with van der Waals surface area (Å²) in [4.78, 5) is 2.33. The van der Waals surface area contributed by atoms with Crippen molar-refractivity contribution in [2.45, 2.75) is 31.8 Å². The molecule has 2 nitrogen and oxygen atoms in total. The van der Waals surface area contributed by atoms with Crippen molar-refractivity contribution < 1.29 is 5.11 Å². The van der Waals surface area contributed by atoms with Crippen molar-refractivity contribution in [2.75, 3.05) is 19.6 Å². The highest BCUT2D eigenvalue weighted by Crippen LogP contribution is 2.48. The van der Waals surface area contributed by atoms with Gasteiger partial charge >= 0.3 is 0 Å². The molecule has 2 heteroatoms. The molecule has 0 radical (unpaired) electrons. The summed E-state index contributed by atoms with van der Waals surface area (Å²) in [5.74, 6) is 2.69. The highest BCUT2D eigenvalue weighted by atomic mass is 16.3. The van der Waals surface area contributed by atoms with Crippen molar-refractivity contribution in [1.29, 1.82) is 0 Å². The number of nitrogens with zero attached hydrogens (tertiary/aromatic N) is 1. The second-order valence-corrected chi connectivity index (χ2v) is 4.54. The monoisotopic (exact) mass is 179 g/mol. The average Bonchev–Trinajstić information content (AvgIpc) is 2.07. The molecule has 1 N–H and O–H groups in total. The van der Waals surface area contributed by atoms with Crippen LogP contribution in [-0.2, 0) is 0 Å². The molecule has 2 rings (SSSR count). The van der Waals surface area contributed by atoms with Crippen LogP contribution in [0.5, 0.6) is 0 Å². The minimum Gasteiger partial charge on any atom is -0.393 e. The maximum atomic E-state index is 9.29. The first kappa shape index (κ1) is 9.05. The third kappa shape index (κ3) is 1.72. The van der Waals surface area contributed by atoms with E-state index in [9.17, 15) is 5.11 Å². The van der Waals surface area contributed by atoms with E-state index in [0.29, 0.717) is 5.41 Å². The van der Waals surface area contributed by atoms with Crippen LogP contribution in [0.3, 0.4) is 0 Å². The van der Waals surface area contributed by atoms with Crippen LogP contribution in [-0.4, -0.2) is 35.7 Å². The van der Waals surface area contributed by atoms with Crippen LogP contribution < -0.4 is 0 Å². The standard InChI is InChI=1S/C11H17NO/c1-2-5-12-6-3-11(4-7-12)8-10(13)9-11/h1,10,13H,3-9H2. The normalized spacial score (nSPS) is 28.3. The molecule has 1 heterocycles. The third-order valence-electron chi connectivity index (χ3n) is 3.57. The number of hydrogen-bond donors (Lipinski definition) is 1. The van der Waals surface area contributed by atoms with Gasteiger partial charge in [0.1, 0.15) is 0 Å².